The molecular formula is C13H20N2O2. The first-order valence-corrected chi connectivity index (χ1v) is 5.70. The van der Waals surface area contributed by atoms with E-state index >= 15 is 0 Å². The van der Waals surface area contributed by atoms with Crippen molar-refractivity contribution in [3.8, 4) is 0 Å². The Morgan fingerprint density at radius 1 is 1.41 bits per heavy atom. The minimum atomic E-state index is -0.118. The van der Waals surface area contributed by atoms with Crippen molar-refractivity contribution >= 4 is 17.3 Å². The van der Waals surface area contributed by atoms with Gasteiger partial charge in [0.2, 0.25) is 5.91 Å². The molecule has 0 radical (unpaired) electrons. The second-order valence-electron chi connectivity index (χ2n) is 4.08. The summed E-state index contributed by atoms with van der Waals surface area (Å²) in [7, 11) is 3.98. The molecule has 0 aliphatic rings. The molecule has 1 aromatic carbocycles. The van der Waals surface area contributed by atoms with E-state index in [9.17, 15) is 4.79 Å². The van der Waals surface area contributed by atoms with E-state index in [2.05, 4.69) is 5.32 Å². The summed E-state index contributed by atoms with van der Waals surface area (Å²) in [6.45, 7) is 4.49. The number of hydrogen-bond donors (Lipinski definition) is 1. The predicted molar refractivity (Wildman–Crippen MR) is 70.6 cm³/mol. The second-order valence-corrected chi connectivity index (χ2v) is 4.08. The Hall–Kier alpha value is -1.55. The van der Waals surface area contributed by atoms with Gasteiger partial charge in [0.05, 0.1) is 0 Å². The molecule has 4 heteroatoms. The fraction of sp³-hybridized carbons (Fsp3) is 0.462. The molecule has 0 aliphatic carbocycles. The Morgan fingerprint density at radius 2 is 2.12 bits per heavy atom. The second kappa shape index (κ2) is 6.25. The Kier molecular flexibility index (Phi) is 4.97. The molecule has 0 saturated carbocycles. The molecule has 0 fully saturated rings. The third-order valence-electron chi connectivity index (χ3n) is 2.44. The lowest BCUT2D eigenvalue weighted by Gasteiger charge is -2.15. The first-order chi connectivity index (χ1) is 8.04. The van der Waals surface area contributed by atoms with Crippen molar-refractivity contribution in [3.05, 3.63) is 23.8 Å². The maximum atomic E-state index is 11.5. The molecule has 0 heterocycles. The molecule has 17 heavy (non-hydrogen) atoms. The first-order valence-electron chi connectivity index (χ1n) is 5.70. The average molecular weight is 236 g/mol. The van der Waals surface area contributed by atoms with Crippen molar-refractivity contribution in [1.29, 1.82) is 0 Å². The number of amides is 1. The fourth-order valence-electron chi connectivity index (χ4n) is 1.45. The zero-order chi connectivity index (χ0) is 12.8. The molecule has 1 amide bonds. The highest BCUT2D eigenvalue weighted by Gasteiger charge is 2.05. The molecule has 4 nitrogen and oxygen atoms in total. The van der Waals surface area contributed by atoms with Crippen LogP contribution in [0.5, 0.6) is 0 Å². The summed E-state index contributed by atoms with van der Waals surface area (Å²) in [5.74, 6) is -0.118. The van der Waals surface area contributed by atoms with E-state index < -0.39 is 0 Å². The lowest BCUT2D eigenvalue weighted by Crippen LogP contribution is -2.19. The number of aryl methyl sites for hydroxylation is 1. The van der Waals surface area contributed by atoms with E-state index in [1.54, 1.807) is 0 Å². The number of carbonyl (C=O) groups excluding carboxylic acids is 1. The van der Waals surface area contributed by atoms with Crippen molar-refractivity contribution in [3.63, 3.8) is 0 Å². The van der Waals surface area contributed by atoms with Crippen LogP contribution in [0.4, 0.5) is 11.4 Å². The third-order valence-corrected chi connectivity index (χ3v) is 2.44. The van der Waals surface area contributed by atoms with Crippen molar-refractivity contribution in [2.45, 2.75) is 13.8 Å². The molecular weight excluding hydrogens is 216 g/mol. The Bertz CT molecular complexity index is 389. The number of carbonyl (C=O) groups is 1. The van der Waals surface area contributed by atoms with E-state index in [1.807, 2.05) is 51.0 Å². The zero-order valence-electron chi connectivity index (χ0n) is 10.9. The van der Waals surface area contributed by atoms with Crippen LogP contribution in [0.1, 0.15) is 12.5 Å². The highest BCUT2D eigenvalue weighted by molar-refractivity contribution is 5.92. The topological polar surface area (TPSA) is 41.6 Å². The van der Waals surface area contributed by atoms with Crippen molar-refractivity contribution < 1.29 is 9.53 Å². The van der Waals surface area contributed by atoms with Crippen LogP contribution in [0, 0.1) is 6.92 Å². The van der Waals surface area contributed by atoms with Crippen LogP contribution in [0.15, 0.2) is 18.2 Å². The standard InChI is InChI=1S/C13H20N2O2/c1-5-17-9-13(16)14-12-7-6-11(15(3)4)8-10(12)2/h6-8H,5,9H2,1-4H3,(H,14,16). The maximum absolute atomic E-state index is 11.5. The summed E-state index contributed by atoms with van der Waals surface area (Å²) in [4.78, 5) is 13.5. The zero-order valence-corrected chi connectivity index (χ0v) is 10.9. The molecule has 0 unspecified atom stereocenters. The molecule has 1 aromatic rings. The van der Waals surface area contributed by atoms with Crippen LogP contribution < -0.4 is 10.2 Å². The van der Waals surface area contributed by atoms with Crippen LogP contribution in [0.25, 0.3) is 0 Å². The van der Waals surface area contributed by atoms with Gasteiger partial charge in [0.1, 0.15) is 6.61 Å². The Balaban J connectivity index is 2.69. The quantitative estimate of drug-likeness (QED) is 0.850. The molecule has 0 aromatic heterocycles. The van der Waals surface area contributed by atoms with Gasteiger partial charge in [0.25, 0.3) is 0 Å². The smallest absolute Gasteiger partial charge is 0.250 e. The molecule has 0 bridgehead atoms. The fourth-order valence-corrected chi connectivity index (χ4v) is 1.45. The predicted octanol–water partition coefficient (Wildman–Crippen LogP) is 2.04. The van der Waals surface area contributed by atoms with Crippen LogP contribution >= 0.6 is 0 Å². The van der Waals surface area contributed by atoms with Gasteiger partial charge in [-0.1, -0.05) is 0 Å². The lowest BCUT2D eigenvalue weighted by atomic mass is 10.1. The van der Waals surface area contributed by atoms with E-state index in [-0.39, 0.29) is 12.5 Å². The van der Waals surface area contributed by atoms with Gasteiger partial charge in [0, 0.05) is 32.1 Å². The number of anilines is 2. The van der Waals surface area contributed by atoms with Crippen LogP contribution in [0.3, 0.4) is 0 Å². The third kappa shape index (κ3) is 4.07. The van der Waals surface area contributed by atoms with E-state index in [4.69, 9.17) is 4.74 Å². The molecule has 1 rings (SSSR count). The summed E-state index contributed by atoms with van der Waals surface area (Å²) >= 11 is 0. The minimum Gasteiger partial charge on any atom is -0.378 e. The van der Waals surface area contributed by atoms with Gasteiger partial charge < -0.3 is 15.0 Å². The van der Waals surface area contributed by atoms with Crippen LogP contribution in [-0.2, 0) is 9.53 Å². The normalized spacial score (nSPS) is 10.1. The van der Waals surface area contributed by atoms with Crippen LogP contribution in [-0.4, -0.2) is 33.2 Å². The molecule has 1 N–H and O–H groups in total. The molecule has 0 atom stereocenters. The summed E-state index contributed by atoms with van der Waals surface area (Å²) in [6, 6.07) is 5.92. The van der Waals surface area contributed by atoms with E-state index in [0.717, 1.165) is 16.9 Å². The van der Waals surface area contributed by atoms with Crippen LogP contribution in [0.2, 0.25) is 0 Å². The van der Waals surface area contributed by atoms with Crippen molar-refractivity contribution in [2.75, 3.05) is 37.5 Å². The number of rotatable bonds is 5. The monoisotopic (exact) mass is 236 g/mol. The molecule has 0 saturated heterocycles. The maximum Gasteiger partial charge on any atom is 0.250 e. The molecule has 0 aliphatic heterocycles. The van der Waals surface area contributed by atoms with Gasteiger partial charge in [0.15, 0.2) is 0 Å². The molecule has 0 spiro atoms. The number of benzene rings is 1. The largest absolute Gasteiger partial charge is 0.378 e. The average Bonchev–Trinajstić information content (AvgIpc) is 2.28. The van der Waals surface area contributed by atoms with Gasteiger partial charge in [-0.25, -0.2) is 0 Å². The van der Waals surface area contributed by atoms with E-state index in [1.165, 1.54) is 0 Å². The Morgan fingerprint density at radius 3 is 2.65 bits per heavy atom. The van der Waals surface area contributed by atoms with Gasteiger partial charge >= 0.3 is 0 Å². The molecule has 94 valence electrons. The number of ether oxygens (including phenoxy) is 1. The van der Waals surface area contributed by atoms with Gasteiger partial charge in [-0.05, 0) is 37.6 Å². The first kappa shape index (κ1) is 13.5. The number of nitrogens with one attached hydrogen (secondary N) is 1. The van der Waals surface area contributed by atoms with Gasteiger partial charge in [-0.2, -0.15) is 0 Å². The number of hydrogen-bond acceptors (Lipinski definition) is 3. The number of nitrogens with zero attached hydrogens (tertiary/aromatic N) is 1. The summed E-state index contributed by atoms with van der Waals surface area (Å²) in [5, 5.41) is 2.83. The summed E-state index contributed by atoms with van der Waals surface area (Å²) in [5.41, 5.74) is 2.99. The summed E-state index contributed by atoms with van der Waals surface area (Å²) in [6.07, 6.45) is 0. The van der Waals surface area contributed by atoms with E-state index in [0.29, 0.717) is 6.61 Å². The SMILES string of the molecule is CCOCC(=O)Nc1ccc(N(C)C)cc1C. The van der Waals surface area contributed by atoms with Gasteiger partial charge in [-0.15, -0.1) is 0 Å². The Labute approximate surface area is 103 Å². The summed E-state index contributed by atoms with van der Waals surface area (Å²) < 4.78 is 5.05. The van der Waals surface area contributed by atoms with Gasteiger partial charge in [-0.3, -0.25) is 4.79 Å². The lowest BCUT2D eigenvalue weighted by molar-refractivity contribution is -0.120. The van der Waals surface area contributed by atoms with Crippen molar-refractivity contribution in [2.24, 2.45) is 0 Å². The highest BCUT2D eigenvalue weighted by atomic mass is 16.5. The van der Waals surface area contributed by atoms with Crippen molar-refractivity contribution in [1.82, 2.24) is 0 Å². The highest BCUT2D eigenvalue weighted by Crippen LogP contribution is 2.21. The minimum absolute atomic E-state index is 0.103.